The van der Waals surface area contributed by atoms with Crippen molar-refractivity contribution >= 4 is 22.8 Å². The maximum atomic E-state index is 6.62. The van der Waals surface area contributed by atoms with E-state index in [2.05, 4.69) is 85.9 Å². The largest absolute Gasteiger partial charge is 0.413 e. The van der Waals surface area contributed by atoms with Gasteiger partial charge in [0.1, 0.15) is 0 Å². The van der Waals surface area contributed by atoms with E-state index in [-0.39, 0.29) is 10.1 Å². The van der Waals surface area contributed by atoms with Crippen LogP contribution in [0, 0.1) is 0 Å². The van der Waals surface area contributed by atoms with Crippen molar-refractivity contribution in [3.63, 3.8) is 0 Å². The Balaban J connectivity index is 2.88. The van der Waals surface area contributed by atoms with Gasteiger partial charge in [-0.25, -0.2) is 0 Å². The highest BCUT2D eigenvalue weighted by Gasteiger charge is 2.38. The van der Waals surface area contributed by atoms with Crippen LogP contribution in [0.2, 0.25) is 36.3 Å². The van der Waals surface area contributed by atoms with E-state index in [4.69, 9.17) is 18.7 Å². The van der Waals surface area contributed by atoms with Crippen LogP contribution in [0.15, 0.2) is 16.2 Å². The third-order valence-corrected chi connectivity index (χ3v) is 16.9. The summed E-state index contributed by atoms with van der Waals surface area (Å²) in [6.45, 7) is 28.5. The Morgan fingerprint density at radius 1 is 0.970 bits per heavy atom. The molecule has 0 spiro atoms. The van der Waals surface area contributed by atoms with E-state index in [9.17, 15) is 0 Å². The predicted octanol–water partition coefficient (Wildman–Crippen LogP) is 7.22. The lowest BCUT2D eigenvalue weighted by Gasteiger charge is -2.37. The highest BCUT2D eigenvalue weighted by Crippen LogP contribution is 2.38. The first-order valence-corrected chi connectivity index (χ1v) is 18.6. The van der Waals surface area contributed by atoms with Gasteiger partial charge in [-0.1, -0.05) is 41.5 Å². The van der Waals surface area contributed by atoms with Gasteiger partial charge in [0, 0.05) is 19.9 Å². The molecule has 0 aromatic rings. The molecule has 1 rings (SSSR count). The number of ether oxygens (including phenoxy) is 1. The molecule has 194 valence electrons. The zero-order valence-corrected chi connectivity index (χ0v) is 25.9. The van der Waals surface area contributed by atoms with E-state index in [0.29, 0.717) is 19.3 Å². The van der Waals surface area contributed by atoms with Crippen LogP contribution in [0.25, 0.3) is 0 Å². The first-order valence-electron chi connectivity index (χ1n) is 12.8. The molecular weight excluding hydrogens is 444 g/mol. The fourth-order valence-electron chi connectivity index (χ4n) is 3.24. The molecule has 1 aliphatic rings. The van der Waals surface area contributed by atoms with Crippen LogP contribution in [0.5, 0.6) is 0 Å². The molecule has 1 fully saturated rings. The Kier molecular flexibility index (Phi) is 11.5. The fraction of sp³-hybridized carbons (Fsp3) is 0.885. The molecule has 0 saturated carbocycles. The molecule has 0 aromatic carbocycles. The lowest BCUT2D eigenvalue weighted by atomic mass is 10.1. The second-order valence-electron chi connectivity index (χ2n) is 12.7. The minimum absolute atomic E-state index is 0.206. The van der Waals surface area contributed by atoms with Gasteiger partial charge in [-0.2, -0.15) is 5.10 Å². The Labute approximate surface area is 207 Å². The van der Waals surface area contributed by atoms with E-state index >= 15 is 0 Å². The number of nitrogens with zero attached hydrogens (tertiary/aromatic N) is 2. The standard InChI is InChI=1S/C26H54N2O3Si2/c1-22(19-30-32(9,10)25(2,3)4)23(20-31-33(11,12)26(5,6)7)15-13-17-27-28-18-14-16-24(28)21-29-8/h17,24H,13-16,18-21H2,1-12H3/b23-22-,27-17+/t24-/m0/s1. The van der Waals surface area contributed by atoms with Crippen LogP contribution in [0.3, 0.4) is 0 Å². The van der Waals surface area contributed by atoms with Gasteiger partial charge < -0.3 is 13.6 Å². The molecule has 0 amide bonds. The summed E-state index contributed by atoms with van der Waals surface area (Å²) in [5.41, 5.74) is 2.70. The summed E-state index contributed by atoms with van der Waals surface area (Å²) in [5, 5.41) is 7.39. The number of methoxy groups -OCH3 is 1. The van der Waals surface area contributed by atoms with Crippen LogP contribution in [-0.4, -0.2) is 67.4 Å². The van der Waals surface area contributed by atoms with Gasteiger partial charge in [0.2, 0.25) is 0 Å². The third-order valence-electron chi connectivity index (χ3n) is 7.98. The summed E-state index contributed by atoms with van der Waals surface area (Å²) < 4.78 is 18.5. The maximum absolute atomic E-state index is 6.62. The van der Waals surface area contributed by atoms with Crippen LogP contribution >= 0.6 is 0 Å². The van der Waals surface area contributed by atoms with Gasteiger partial charge in [0.15, 0.2) is 16.6 Å². The molecular formula is C26H54N2O3Si2. The summed E-state index contributed by atoms with van der Waals surface area (Å²) in [6.07, 6.45) is 6.33. The van der Waals surface area contributed by atoms with Crippen molar-refractivity contribution in [2.45, 2.75) is 116 Å². The minimum Gasteiger partial charge on any atom is -0.413 e. The smallest absolute Gasteiger partial charge is 0.192 e. The SMILES string of the molecule is COC[C@@H]1CCCN1/N=C/CC/C(CO[Si](C)(C)C(C)(C)C)=C(\C)CO[Si](C)(C)C(C)(C)C. The van der Waals surface area contributed by atoms with Crippen molar-refractivity contribution in [1.29, 1.82) is 0 Å². The number of rotatable bonds is 12. The number of hydrogen-bond donors (Lipinski definition) is 0. The van der Waals surface area contributed by atoms with Gasteiger partial charge in [0.05, 0.1) is 25.9 Å². The Morgan fingerprint density at radius 2 is 1.52 bits per heavy atom. The van der Waals surface area contributed by atoms with Crippen LogP contribution in [0.4, 0.5) is 0 Å². The summed E-state index contributed by atoms with van der Waals surface area (Å²) in [6, 6.07) is 0.419. The van der Waals surface area contributed by atoms with E-state index in [1.807, 2.05) is 0 Å². The summed E-state index contributed by atoms with van der Waals surface area (Å²) in [5.74, 6) is 0. The quantitative estimate of drug-likeness (QED) is 0.162. The van der Waals surface area contributed by atoms with E-state index in [1.165, 1.54) is 24.0 Å². The lowest BCUT2D eigenvalue weighted by Crippen LogP contribution is -2.42. The molecule has 1 saturated heterocycles. The van der Waals surface area contributed by atoms with Crippen molar-refractivity contribution in [3.05, 3.63) is 11.1 Å². The summed E-state index contributed by atoms with van der Waals surface area (Å²) >= 11 is 0. The number of hydrogen-bond acceptors (Lipinski definition) is 5. The molecule has 0 aromatic heterocycles. The highest BCUT2D eigenvalue weighted by molar-refractivity contribution is 6.74. The fourth-order valence-corrected chi connectivity index (χ4v) is 5.21. The van der Waals surface area contributed by atoms with E-state index in [1.54, 1.807) is 7.11 Å². The van der Waals surface area contributed by atoms with Gasteiger partial charge >= 0.3 is 0 Å². The lowest BCUT2D eigenvalue weighted by molar-refractivity contribution is 0.118. The Bertz CT molecular complexity index is 661. The number of hydrazone groups is 1. The van der Waals surface area contributed by atoms with Crippen molar-refractivity contribution in [2.75, 3.05) is 33.5 Å². The maximum Gasteiger partial charge on any atom is 0.192 e. The molecule has 1 aliphatic heterocycles. The van der Waals surface area contributed by atoms with Gasteiger partial charge in [0.25, 0.3) is 0 Å². The molecule has 33 heavy (non-hydrogen) atoms. The highest BCUT2D eigenvalue weighted by atomic mass is 28.4. The summed E-state index contributed by atoms with van der Waals surface area (Å²) in [7, 11) is -1.83. The molecule has 1 heterocycles. The molecule has 0 N–H and O–H groups in total. The third kappa shape index (κ3) is 9.59. The second-order valence-corrected chi connectivity index (χ2v) is 22.4. The molecule has 7 heteroatoms. The normalized spacial score (nSPS) is 19.5. The van der Waals surface area contributed by atoms with Crippen molar-refractivity contribution in [3.8, 4) is 0 Å². The van der Waals surface area contributed by atoms with Crippen LogP contribution < -0.4 is 0 Å². The topological polar surface area (TPSA) is 43.3 Å². The van der Waals surface area contributed by atoms with E-state index < -0.39 is 16.6 Å². The zero-order valence-electron chi connectivity index (χ0n) is 23.9. The first kappa shape index (κ1) is 30.6. The monoisotopic (exact) mass is 498 g/mol. The minimum atomic E-state index is -1.81. The van der Waals surface area contributed by atoms with Crippen molar-refractivity contribution in [1.82, 2.24) is 5.01 Å². The molecule has 0 aliphatic carbocycles. The van der Waals surface area contributed by atoms with Gasteiger partial charge in [-0.3, -0.25) is 5.01 Å². The average Bonchev–Trinajstić information content (AvgIpc) is 3.11. The molecule has 1 atom stereocenters. The molecule has 0 bridgehead atoms. The zero-order chi connectivity index (χ0) is 25.5. The Hall–Kier alpha value is -0.476. The second kappa shape index (κ2) is 12.5. The molecule has 0 radical (unpaired) electrons. The van der Waals surface area contributed by atoms with Gasteiger partial charge in [-0.15, -0.1) is 0 Å². The molecule has 5 nitrogen and oxygen atoms in total. The first-order chi connectivity index (χ1) is 15.0. The molecule has 0 unspecified atom stereocenters. The Morgan fingerprint density at radius 3 is 2.03 bits per heavy atom. The van der Waals surface area contributed by atoms with Gasteiger partial charge in [-0.05, 0) is 80.0 Å². The van der Waals surface area contributed by atoms with Crippen LogP contribution in [0.1, 0.15) is 74.1 Å². The van der Waals surface area contributed by atoms with Crippen LogP contribution in [-0.2, 0) is 13.6 Å². The predicted molar refractivity (Wildman–Crippen MR) is 148 cm³/mol. The summed E-state index contributed by atoms with van der Waals surface area (Å²) in [4.78, 5) is 0. The van der Waals surface area contributed by atoms with Crippen molar-refractivity contribution < 1.29 is 13.6 Å². The average molecular weight is 499 g/mol. The van der Waals surface area contributed by atoms with Crippen molar-refractivity contribution in [2.24, 2.45) is 5.10 Å². The van der Waals surface area contributed by atoms with E-state index in [0.717, 1.165) is 26.0 Å².